The highest BCUT2D eigenvalue weighted by molar-refractivity contribution is 7.98. The number of aliphatic hydroxyl groups is 1. The van der Waals surface area contributed by atoms with E-state index in [-0.39, 0.29) is 18.9 Å². The SMILES string of the molecule is CSCC(C)(O)CNC(=O)Cc1ccccc1N. The fourth-order valence-electron chi connectivity index (χ4n) is 1.58. The van der Waals surface area contributed by atoms with Crippen LogP contribution in [0.1, 0.15) is 12.5 Å². The lowest BCUT2D eigenvalue weighted by Gasteiger charge is -2.22. The van der Waals surface area contributed by atoms with Gasteiger partial charge in [-0.3, -0.25) is 4.79 Å². The summed E-state index contributed by atoms with van der Waals surface area (Å²) in [5.74, 6) is 0.454. The van der Waals surface area contributed by atoms with Crippen molar-refractivity contribution >= 4 is 23.4 Å². The number of para-hydroxylation sites is 1. The zero-order chi connectivity index (χ0) is 13.6. The van der Waals surface area contributed by atoms with E-state index < -0.39 is 5.60 Å². The molecule has 0 aliphatic carbocycles. The molecule has 0 saturated heterocycles. The Hall–Kier alpha value is -1.20. The summed E-state index contributed by atoms with van der Waals surface area (Å²) < 4.78 is 0. The van der Waals surface area contributed by atoms with Gasteiger partial charge in [-0.05, 0) is 24.8 Å². The van der Waals surface area contributed by atoms with Crippen molar-refractivity contribution < 1.29 is 9.90 Å². The summed E-state index contributed by atoms with van der Waals surface area (Å²) in [6.07, 6.45) is 2.16. The van der Waals surface area contributed by atoms with Gasteiger partial charge in [-0.25, -0.2) is 0 Å². The maximum Gasteiger partial charge on any atom is 0.224 e. The van der Waals surface area contributed by atoms with Gasteiger partial charge in [0.1, 0.15) is 0 Å². The predicted molar refractivity (Wildman–Crippen MR) is 76.6 cm³/mol. The molecule has 0 spiro atoms. The smallest absolute Gasteiger partial charge is 0.224 e. The van der Waals surface area contributed by atoms with Crippen molar-refractivity contribution in [1.29, 1.82) is 0 Å². The van der Waals surface area contributed by atoms with Crippen LogP contribution in [0, 0.1) is 0 Å². The van der Waals surface area contributed by atoms with Crippen LogP contribution in [0.5, 0.6) is 0 Å². The number of nitrogen functional groups attached to an aromatic ring is 1. The largest absolute Gasteiger partial charge is 0.398 e. The Morgan fingerprint density at radius 2 is 2.17 bits per heavy atom. The molecule has 1 unspecified atom stereocenters. The molecule has 18 heavy (non-hydrogen) atoms. The van der Waals surface area contributed by atoms with E-state index in [1.165, 1.54) is 0 Å². The normalized spacial score (nSPS) is 13.9. The van der Waals surface area contributed by atoms with Crippen molar-refractivity contribution in [3.63, 3.8) is 0 Å². The van der Waals surface area contributed by atoms with Crippen LogP contribution in [-0.2, 0) is 11.2 Å². The van der Waals surface area contributed by atoms with Crippen LogP contribution >= 0.6 is 11.8 Å². The number of nitrogens with one attached hydrogen (secondary N) is 1. The number of benzene rings is 1. The Kier molecular flexibility index (Phi) is 5.50. The number of hydrogen-bond donors (Lipinski definition) is 3. The molecule has 0 radical (unpaired) electrons. The van der Waals surface area contributed by atoms with Crippen LogP contribution in [0.15, 0.2) is 24.3 Å². The molecule has 4 nitrogen and oxygen atoms in total. The zero-order valence-corrected chi connectivity index (χ0v) is 11.6. The number of carbonyl (C=O) groups is 1. The molecule has 4 N–H and O–H groups in total. The second-order valence-electron chi connectivity index (χ2n) is 4.58. The Morgan fingerprint density at radius 3 is 2.78 bits per heavy atom. The van der Waals surface area contributed by atoms with Gasteiger partial charge < -0.3 is 16.2 Å². The predicted octanol–water partition coefficient (Wildman–Crippen LogP) is 1.04. The Balaban J connectivity index is 2.46. The molecule has 100 valence electrons. The molecule has 1 amide bonds. The second kappa shape index (κ2) is 6.66. The lowest BCUT2D eigenvalue weighted by molar-refractivity contribution is -0.121. The van der Waals surface area contributed by atoms with Crippen LogP contribution < -0.4 is 11.1 Å². The minimum absolute atomic E-state index is 0.130. The van der Waals surface area contributed by atoms with Crippen molar-refractivity contribution in [2.24, 2.45) is 0 Å². The number of rotatable bonds is 6. The molecular weight excluding hydrogens is 248 g/mol. The molecular formula is C13H20N2O2S. The molecule has 0 saturated carbocycles. The summed E-state index contributed by atoms with van der Waals surface area (Å²) >= 11 is 1.55. The number of anilines is 1. The van der Waals surface area contributed by atoms with Crippen molar-refractivity contribution in [1.82, 2.24) is 5.32 Å². The van der Waals surface area contributed by atoms with E-state index in [0.29, 0.717) is 11.4 Å². The zero-order valence-electron chi connectivity index (χ0n) is 10.8. The minimum Gasteiger partial charge on any atom is -0.398 e. The first-order valence-electron chi connectivity index (χ1n) is 5.76. The van der Waals surface area contributed by atoms with Gasteiger partial charge in [-0.15, -0.1) is 0 Å². The average Bonchev–Trinajstić information content (AvgIpc) is 2.30. The summed E-state index contributed by atoms with van der Waals surface area (Å²) in [6, 6.07) is 7.28. The Bertz CT molecular complexity index is 408. The average molecular weight is 268 g/mol. The first-order valence-corrected chi connectivity index (χ1v) is 7.15. The summed E-state index contributed by atoms with van der Waals surface area (Å²) in [5, 5.41) is 12.6. The number of amides is 1. The molecule has 0 bridgehead atoms. The summed E-state index contributed by atoms with van der Waals surface area (Å²) in [6.45, 7) is 1.96. The summed E-state index contributed by atoms with van der Waals surface area (Å²) in [5.41, 5.74) is 6.31. The third kappa shape index (κ3) is 4.98. The van der Waals surface area contributed by atoms with Crippen molar-refractivity contribution in [3.05, 3.63) is 29.8 Å². The van der Waals surface area contributed by atoms with E-state index in [9.17, 15) is 9.90 Å². The van der Waals surface area contributed by atoms with E-state index in [1.807, 2.05) is 24.5 Å². The standard InChI is InChI=1S/C13H20N2O2S/c1-13(17,9-18-2)8-15-12(16)7-10-5-3-4-6-11(10)14/h3-6,17H,7-9,14H2,1-2H3,(H,15,16). The first kappa shape index (κ1) is 14.9. The number of thioether (sulfide) groups is 1. The monoisotopic (exact) mass is 268 g/mol. The van der Waals surface area contributed by atoms with E-state index in [0.717, 1.165) is 5.56 Å². The Labute approximate surface area is 112 Å². The maximum atomic E-state index is 11.7. The molecule has 0 aliphatic heterocycles. The number of nitrogens with two attached hydrogens (primary N) is 1. The number of carbonyl (C=O) groups excluding carboxylic acids is 1. The maximum absolute atomic E-state index is 11.7. The van der Waals surface area contributed by atoms with E-state index in [4.69, 9.17) is 5.73 Å². The molecule has 0 aliphatic rings. The highest BCUT2D eigenvalue weighted by Gasteiger charge is 2.20. The van der Waals surface area contributed by atoms with E-state index in [1.54, 1.807) is 24.8 Å². The molecule has 1 atom stereocenters. The quantitative estimate of drug-likeness (QED) is 0.674. The van der Waals surface area contributed by atoms with E-state index in [2.05, 4.69) is 5.32 Å². The van der Waals surface area contributed by atoms with Gasteiger partial charge in [-0.2, -0.15) is 11.8 Å². The van der Waals surface area contributed by atoms with Crippen LogP contribution in [0.3, 0.4) is 0 Å². The third-order valence-corrected chi connectivity index (χ3v) is 3.44. The third-order valence-electron chi connectivity index (χ3n) is 2.53. The highest BCUT2D eigenvalue weighted by atomic mass is 32.2. The topological polar surface area (TPSA) is 75.3 Å². The van der Waals surface area contributed by atoms with Gasteiger partial charge in [0.15, 0.2) is 0 Å². The fourth-order valence-corrected chi connectivity index (χ4v) is 2.31. The summed E-state index contributed by atoms with van der Waals surface area (Å²) in [4.78, 5) is 11.7. The molecule has 0 aromatic heterocycles. The van der Waals surface area contributed by atoms with E-state index >= 15 is 0 Å². The molecule has 0 fully saturated rings. The van der Waals surface area contributed by atoms with Crippen molar-refractivity contribution in [2.75, 3.05) is 24.3 Å². The highest BCUT2D eigenvalue weighted by Crippen LogP contribution is 2.12. The van der Waals surface area contributed by atoms with Gasteiger partial charge in [-0.1, -0.05) is 18.2 Å². The minimum atomic E-state index is -0.878. The van der Waals surface area contributed by atoms with Crippen molar-refractivity contribution in [2.45, 2.75) is 18.9 Å². The first-order chi connectivity index (χ1) is 8.44. The lowest BCUT2D eigenvalue weighted by Crippen LogP contribution is -2.42. The van der Waals surface area contributed by atoms with Crippen LogP contribution in [0.4, 0.5) is 5.69 Å². The van der Waals surface area contributed by atoms with Crippen LogP contribution in [0.2, 0.25) is 0 Å². The van der Waals surface area contributed by atoms with Crippen LogP contribution in [0.25, 0.3) is 0 Å². The van der Waals surface area contributed by atoms with Gasteiger partial charge >= 0.3 is 0 Å². The fraction of sp³-hybridized carbons (Fsp3) is 0.462. The molecule has 0 heterocycles. The molecule has 1 rings (SSSR count). The Morgan fingerprint density at radius 1 is 1.50 bits per heavy atom. The van der Waals surface area contributed by atoms with Gasteiger partial charge in [0.2, 0.25) is 5.91 Å². The van der Waals surface area contributed by atoms with Gasteiger partial charge in [0, 0.05) is 18.0 Å². The van der Waals surface area contributed by atoms with Crippen molar-refractivity contribution in [3.8, 4) is 0 Å². The van der Waals surface area contributed by atoms with Crippen LogP contribution in [-0.4, -0.2) is 35.2 Å². The second-order valence-corrected chi connectivity index (χ2v) is 5.45. The summed E-state index contributed by atoms with van der Waals surface area (Å²) in [7, 11) is 0. The van der Waals surface area contributed by atoms with Gasteiger partial charge in [0.25, 0.3) is 0 Å². The van der Waals surface area contributed by atoms with Gasteiger partial charge in [0.05, 0.1) is 12.0 Å². The molecule has 5 heteroatoms. The molecule has 1 aromatic rings. The molecule has 1 aromatic carbocycles. The number of hydrogen-bond acceptors (Lipinski definition) is 4. The lowest BCUT2D eigenvalue weighted by atomic mass is 10.1.